The predicted molar refractivity (Wildman–Crippen MR) is 148 cm³/mol. The summed E-state index contributed by atoms with van der Waals surface area (Å²) >= 11 is 0. The molecule has 0 aromatic heterocycles. The highest BCUT2D eigenvalue weighted by Crippen LogP contribution is 2.43. The quantitative estimate of drug-likeness (QED) is 0.488. The summed E-state index contributed by atoms with van der Waals surface area (Å²) in [4.78, 5) is 16.5. The summed E-state index contributed by atoms with van der Waals surface area (Å²) in [6.45, 7) is 2.02. The molecule has 5 heteroatoms. The van der Waals surface area contributed by atoms with E-state index in [1.807, 2.05) is 30.3 Å². The first-order chi connectivity index (χ1) is 18.6. The van der Waals surface area contributed by atoms with E-state index in [1.54, 1.807) is 18.2 Å². The molecule has 38 heavy (non-hydrogen) atoms. The van der Waals surface area contributed by atoms with Gasteiger partial charge in [-0.3, -0.25) is 4.79 Å². The Bertz CT molecular complexity index is 1320. The van der Waals surface area contributed by atoms with Crippen LogP contribution in [0.4, 0.5) is 0 Å². The zero-order valence-corrected chi connectivity index (χ0v) is 21.4. The van der Waals surface area contributed by atoms with Crippen molar-refractivity contribution in [1.29, 1.82) is 0 Å². The van der Waals surface area contributed by atoms with E-state index in [0.717, 1.165) is 24.9 Å². The normalized spacial score (nSPS) is 28.7. The van der Waals surface area contributed by atoms with Crippen molar-refractivity contribution in [3.05, 3.63) is 132 Å². The van der Waals surface area contributed by atoms with Gasteiger partial charge in [0.25, 0.3) is 5.79 Å². The molecular formula is C33H34N2O3. The van der Waals surface area contributed by atoms with Crippen molar-refractivity contribution in [3.8, 4) is 0 Å². The third kappa shape index (κ3) is 4.68. The minimum Gasteiger partial charge on any atom is -0.462 e. The minimum atomic E-state index is -1.54. The molecular weight excluding hydrogens is 472 g/mol. The number of hydrogen-bond donors (Lipinski definition) is 2. The number of ether oxygens (including phenoxy) is 1. The number of hydrogen-bond acceptors (Lipinski definition) is 4. The molecule has 1 amide bonds. The number of amides is 1. The summed E-state index contributed by atoms with van der Waals surface area (Å²) in [5.74, 6) is -1.22. The lowest BCUT2D eigenvalue weighted by Crippen LogP contribution is -2.45. The molecule has 3 heterocycles. The Balaban J connectivity index is 1.30. The molecule has 0 radical (unpaired) electrons. The number of rotatable bonds is 5. The summed E-state index contributed by atoms with van der Waals surface area (Å²) in [5, 5.41) is 14.8. The molecule has 5 nitrogen and oxygen atoms in total. The molecule has 0 bridgehead atoms. The van der Waals surface area contributed by atoms with Crippen LogP contribution in [0.15, 0.2) is 109 Å². The molecule has 0 saturated carbocycles. The summed E-state index contributed by atoms with van der Waals surface area (Å²) in [7, 11) is 0. The standard InChI is InChI=1S/C33H34N2O3/c36-32(29-23-34-22-28(29)27-15-7-8-16-30(27)33(37)18-9-10-20-38-33)35-19-17-26(24-11-3-1-4-12-24)21-31(35)25-13-5-2-6-14-25/h1-16,18,20,26,28-29,31,34,37H,17,19,21-23H2/t26-,28-,29+,31+,33?/m0/s1. The molecule has 2 N–H and O–H groups in total. The van der Waals surface area contributed by atoms with Gasteiger partial charge in [-0.15, -0.1) is 0 Å². The van der Waals surface area contributed by atoms with Crippen LogP contribution in [0.5, 0.6) is 0 Å². The summed E-state index contributed by atoms with van der Waals surface area (Å²) < 4.78 is 5.66. The summed E-state index contributed by atoms with van der Waals surface area (Å²) in [6.07, 6.45) is 8.57. The van der Waals surface area contributed by atoms with E-state index in [1.165, 1.54) is 17.4 Å². The van der Waals surface area contributed by atoms with Crippen LogP contribution in [0.2, 0.25) is 0 Å². The van der Waals surface area contributed by atoms with Crippen molar-refractivity contribution in [2.24, 2.45) is 5.92 Å². The van der Waals surface area contributed by atoms with Crippen LogP contribution in [-0.4, -0.2) is 35.5 Å². The summed E-state index contributed by atoms with van der Waals surface area (Å²) in [5.41, 5.74) is 4.17. The molecule has 2 fully saturated rings. The minimum absolute atomic E-state index is 0.0260. The fourth-order valence-electron chi connectivity index (χ4n) is 6.44. The Morgan fingerprint density at radius 2 is 1.61 bits per heavy atom. The SMILES string of the molecule is O=C([C@@H]1CNC[C@H]1c1ccccc1C1(O)C=CC=CO1)N1CC[C@H](c2ccccc2)C[C@@H]1c1ccccc1. The van der Waals surface area contributed by atoms with Gasteiger partial charge in [0.15, 0.2) is 0 Å². The molecule has 3 aliphatic rings. The molecule has 5 atom stereocenters. The molecule has 0 aliphatic carbocycles. The molecule has 194 valence electrons. The number of carbonyl (C=O) groups is 1. The molecule has 6 rings (SSSR count). The van der Waals surface area contributed by atoms with Crippen LogP contribution in [0, 0.1) is 5.92 Å². The van der Waals surface area contributed by atoms with Crippen molar-refractivity contribution >= 4 is 5.91 Å². The number of piperidine rings is 1. The van der Waals surface area contributed by atoms with E-state index in [2.05, 4.69) is 64.8 Å². The zero-order chi connectivity index (χ0) is 26.0. The Morgan fingerprint density at radius 1 is 0.895 bits per heavy atom. The number of carbonyl (C=O) groups excluding carboxylic acids is 1. The Morgan fingerprint density at radius 3 is 2.34 bits per heavy atom. The second kappa shape index (κ2) is 10.6. The predicted octanol–water partition coefficient (Wildman–Crippen LogP) is 5.38. The fourth-order valence-corrected chi connectivity index (χ4v) is 6.44. The van der Waals surface area contributed by atoms with Gasteiger partial charge in [-0.2, -0.15) is 0 Å². The third-order valence-corrected chi connectivity index (χ3v) is 8.38. The first kappa shape index (κ1) is 24.7. The highest BCUT2D eigenvalue weighted by molar-refractivity contribution is 5.81. The molecule has 1 unspecified atom stereocenters. The van der Waals surface area contributed by atoms with Crippen molar-refractivity contribution in [1.82, 2.24) is 10.2 Å². The smallest absolute Gasteiger partial charge is 0.254 e. The number of nitrogens with one attached hydrogen (secondary N) is 1. The van der Waals surface area contributed by atoms with Crippen LogP contribution in [-0.2, 0) is 15.3 Å². The van der Waals surface area contributed by atoms with Crippen LogP contribution < -0.4 is 5.32 Å². The van der Waals surface area contributed by atoms with Gasteiger partial charge < -0.3 is 20.1 Å². The lowest BCUT2D eigenvalue weighted by atomic mass is 9.80. The Kier molecular flexibility index (Phi) is 6.88. The third-order valence-electron chi connectivity index (χ3n) is 8.38. The average Bonchev–Trinajstić information content (AvgIpc) is 3.48. The first-order valence-electron chi connectivity index (χ1n) is 13.6. The van der Waals surface area contributed by atoms with Crippen molar-refractivity contribution in [2.75, 3.05) is 19.6 Å². The molecule has 3 aromatic rings. The van der Waals surface area contributed by atoms with Gasteiger partial charge in [0.1, 0.15) is 0 Å². The first-order valence-corrected chi connectivity index (χ1v) is 13.6. The number of aliphatic hydroxyl groups is 1. The largest absolute Gasteiger partial charge is 0.462 e. The van der Waals surface area contributed by atoms with E-state index >= 15 is 0 Å². The highest BCUT2D eigenvalue weighted by Gasteiger charge is 2.43. The molecule has 3 aromatic carbocycles. The van der Waals surface area contributed by atoms with Gasteiger partial charge >= 0.3 is 0 Å². The van der Waals surface area contributed by atoms with Gasteiger partial charge in [-0.25, -0.2) is 0 Å². The van der Waals surface area contributed by atoms with E-state index in [0.29, 0.717) is 24.6 Å². The number of allylic oxidation sites excluding steroid dienone is 2. The second-order valence-corrected chi connectivity index (χ2v) is 10.6. The van der Waals surface area contributed by atoms with Crippen LogP contribution in [0.1, 0.15) is 53.0 Å². The lowest BCUT2D eigenvalue weighted by molar-refractivity contribution is -0.141. The maximum atomic E-state index is 14.3. The summed E-state index contributed by atoms with van der Waals surface area (Å²) in [6, 6.07) is 29.0. The van der Waals surface area contributed by atoms with Gasteiger partial charge in [-0.1, -0.05) is 91.0 Å². The highest BCUT2D eigenvalue weighted by atomic mass is 16.6. The molecule has 0 spiro atoms. The van der Waals surface area contributed by atoms with E-state index in [9.17, 15) is 9.90 Å². The van der Waals surface area contributed by atoms with Gasteiger partial charge in [0, 0.05) is 31.1 Å². The van der Waals surface area contributed by atoms with E-state index in [4.69, 9.17) is 4.74 Å². The molecule has 2 saturated heterocycles. The van der Waals surface area contributed by atoms with Gasteiger partial charge in [0.05, 0.1) is 18.2 Å². The maximum absolute atomic E-state index is 14.3. The Labute approximate surface area is 224 Å². The topological polar surface area (TPSA) is 61.8 Å². The number of likely N-dealkylation sites (tertiary alicyclic amines) is 1. The van der Waals surface area contributed by atoms with Crippen molar-refractivity contribution < 1.29 is 14.6 Å². The fraction of sp³-hybridized carbons (Fsp3) is 0.303. The average molecular weight is 507 g/mol. The van der Waals surface area contributed by atoms with E-state index < -0.39 is 5.79 Å². The maximum Gasteiger partial charge on any atom is 0.254 e. The number of nitrogens with zero attached hydrogens (tertiary/aromatic N) is 1. The zero-order valence-electron chi connectivity index (χ0n) is 21.4. The van der Waals surface area contributed by atoms with E-state index in [-0.39, 0.29) is 23.8 Å². The van der Waals surface area contributed by atoms with Crippen LogP contribution >= 0.6 is 0 Å². The van der Waals surface area contributed by atoms with Crippen LogP contribution in [0.25, 0.3) is 0 Å². The molecule has 3 aliphatic heterocycles. The van der Waals surface area contributed by atoms with Gasteiger partial charge in [-0.05, 0) is 47.6 Å². The van der Waals surface area contributed by atoms with Crippen molar-refractivity contribution in [3.63, 3.8) is 0 Å². The lowest BCUT2D eigenvalue weighted by Gasteiger charge is -2.42. The van der Waals surface area contributed by atoms with Crippen molar-refractivity contribution in [2.45, 2.75) is 36.5 Å². The monoisotopic (exact) mass is 506 g/mol. The van der Waals surface area contributed by atoms with Gasteiger partial charge in [0.2, 0.25) is 5.91 Å². The second-order valence-electron chi connectivity index (χ2n) is 10.6. The Hall–Kier alpha value is -3.67. The van der Waals surface area contributed by atoms with Crippen LogP contribution in [0.3, 0.4) is 0 Å². The number of benzene rings is 3.